The fourth-order valence-corrected chi connectivity index (χ4v) is 1.82. The van der Waals surface area contributed by atoms with E-state index >= 15 is 0 Å². The Hall–Kier alpha value is -1.50. The molecule has 0 aliphatic carbocycles. The summed E-state index contributed by atoms with van der Waals surface area (Å²) in [5.41, 5.74) is -1.16. The van der Waals surface area contributed by atoms with Gasteiger partial charge in [0.05, 0.1) is 17.5 Å². The number of benzene rings is 1. The highest BCUT2D eigenvalue weighted by Gasteiger charge is 2.20. The summed E-state index contributed by atoms with van der Waals surface area (Å²) >= 11 is 0. The molecule has 0 bridgehead atoms. The zero-order valence-corrected chi connectivity index (χ0v) is 10.1. The molecular weight excluding hydrogens is 252 g/mol. The lowest BCUT2D eigenvalue weighted by Gasteiger charge is -2.09. The predicted molar refractivity (Wildman–Crippen MR) is 59.4 cm³/mol. The number of carbonyl (C=O) groups excluding carboxylic acids is 1. The van der Waals surface area contributed by atoms with Gasteiger partial charge in [-0.25, -0.2) is 17.2 Å². The minimum atomic E-state index is -3.69. The van der Waals surface area contributed by atoms with Gasteiger partial charge < -0.3 is 0 Å². The predicted octanol–water partition coefficient (Wildman–Crippen LogP) is 1.93. The van der Waals surface area contributed by atoms with Gasteiger partial charge in [-0.1, -0.05) is 6.92 Å². The van der Waals surface area contributed by atoms with E-state index in [1.807, 2.05) is 4.72 Å². The zero-order chi connectivity index (χ0) is 13.2. The average molecular weight is 263 g/mol. The van der Waals surface area contributed by atoms with Crippen molar-refractivity contribution in [3.8, 4) is 0 Å². The van der Waals surface area contributed by atoms with Crippen molar-refractivity contribution in [2.45, 2.75) is 13.3 Å². The van der Waals surface area contributed by atoms with Crippen LogP contribution >= 0.6 is 0 Å². The highest BCUT2D eigenvalue weighted by Crippen LogP contribution is 2.23. The fraction of sp³-hybridized carbons (Fsp3) is 0.300. The van der Waals surface area contributed by atoms with E-state index in [1.54, 1.807) is 0 Å². The van der Waals surface area contributed by atoms with Crippen molar-refractivity contribution in [3.63, 3.8) is 0 Å². The third-order valence-corrected chi connectivity index (χ3v) is 2.58. The van der Waals surface area contributed by atoms with E-state index in [2.05, 4.69) is 0 Å². The van der Waals surface area contributed by atoms with Gasteiger partial charge in [0, 0.05) is 6.42 Å². The maximum atomic E-state index is 13.7. The van der Waals surface area contributed by atoms with E-state index in [4.69, 9.17) is 0 Å². The number of hydrogen-bond acceptors (Lipinski definition) is 3. The number of ketones is 1. The Morgan fingerprint density at radius 1 is 1.35 bits per heavy atom. The number of rotatable bonds is 4. The molecule has 0 atom stereocenters. The zero-order valence-electron chi connectivity index (χ0n) is 9.25. The highest BCUT2D eigenvalue weighted by atomic mass is 32.2. The molecule has 17 heavy (non-hydrogen) atoms. The van der Waals surface area contributed by atoms with Crippen LogP contribution in [-0.4, -0.2) is 20.5 Å². The van der Waals surface area contributed by atoms with E-state index in [9.17, 15) is 22.0 Å². The van der Waals surface area contributed by atoms with Crippen molar-refractivity contribution in [2.75, 3.05) is 11.0 Å². The van der Waals surface area contributed by atoms with E-state index < -0.39 is 38.7 Å². The van der Waals surface area contributed by atoms with Crippen LogP contribution < -0.4 is 4.72 Å². The first-order valence-electron chi connectivity index (χ1n) is 4.75. The molecule has 7 heteroatoms. The molecular formula is C10H11F2NO3S. The molecule has 0 amide bonds. The molecule has 1 aromatic carbocycles. The van der Waals surface area contributed by atoms with Gasteiger partial charge in [0.25, 0.3) is 0 Å². The highest BCUT2D eigenvalue weighted by molar-refractivity contribution is 7.92. The van der Waals surface area contributed by atoms with Crippen molar-refractivity contribution in [2.24, 2.45) is 0 Å². The lowest BCUT2D eigenvalue weighted by atomic mass is 10.1. The molecule has 0 saturated heterocycles. The molecule has 0 saturated carbocycles. The van der Waals surface area contributed by atoms with E-state index in [0.717, 1.165) is 18.4 Å². The number of nitrogens with one attached hydrogen (secondary N) is 1. The first-order chi connectivity index (χ1) is 7.76. The Morgan fingerprint density at radius 3 is 2.41 bits per heavy atom. The third-order valence-electron chi connectivity index (χ3n) is 1.99. The molecule has 0 aliphatic heterocycles. The fourth-order valence-electron chi connectivity index (χ4n) is 1.26. The second kappa shape index (κ2) is 4.79. The topological polar surface area (TPSA) is 63.2 Å². The molecule has 94 valence electrons. The molecule has 0 fully saturated rings. The second-order valence-electron chi connectivity index (χ2n) is 3.43. The number of halogens is 2. The normalized spacial score (nSPS) is 11.3. The van der Waals surface area contributed by atoms with Crippen LogP contribution in [-0.2, 0) is 10.0 Å². The molecule has 1 aromatic rings. The van der Waals surface area contributed by atoms with Crippen LogP contribution in [0.4, 0.5) is 14.5 Å². The smallest absolute Gasteiger partial charge is 0.229 e. The lowest BCUT2D eigenvalue weighted by Crippen LogP contribution is -2.14. The van der Waals surface area contributed by atoms with Crippen LogP contribution in [0.1, 0.15) is 23.7 Å². The summed E-state index contributed by atoms with van der Waals surface area (Å²) in [6.07, 6.45) is 0.757. The molecule has 0 unspecified atom stereocenters. The summed E-state index contributed by atoms with van der Waals surface area (Å²) in [4.78, 5) is 11.3. The number of carbonyl (C=O) groups is 1. The second-order valence-corrected chi connectivity index (χ2v) is 5.18. The average Bonchev–Trinajstić information content (AvgIpc) is 2.20. The molecule has 0 aliphatic rings. The maximum absolute atomic E-state index is 13.7. The van der Waals surface area contributed by atoms with Crippen LogP contribution in [0.2, 0.25) is 0 Å². The van der Waals surface area contributed by atoms with Crippen LogP contribution in [0, 0.1) is 11.6 Å². The largest absolute Gasteiger partial charge is 0.294 e. The molecule has 0 aromatic heterocycles. The summed E-state index contributed by atoms with van der Waals surface area (Å²) in [7, 11) is -3.69. The summed E-state index contributed by atoms with van der Waals surface area (Å²) in [5, 5.41) is 0. The monoisotopic (exact) mass is 263 g/mol. The van der Waals surface area contributed by atoms with Gasteiger partial charge in [0.15, 0.2) is 11.6 Å². The quantitative estimate of drug-likeness (QED) is 0.844. The molecule has 0 spiro atoms. The summed E-state index contributed by atoms with van der Waals surface area (Å²) in [5.74, 6) is -2.92. The molecule has 0 heterocycles. The SMILES string of the molecule is CCC(=O)c1c(F)ccc(NS(C)(=O)=O)c1F. The first kappa shape index (κ1) is 13.6. The summed E-state index contributed by atoms with van der Waals surface area (Å²) in [6.45, 7) is 1.46. The minimum Gasteiger partial charge on any atom is -0.294 e. The lowest BCUT2D eigenvalue weighted by molar-refractivity contribution is 0.0980. The van der Waals surface area contributed by atoms with Crippen LogP contribution in [0.25, 0.3) is 0 Å². The molecule has 4 nitrogen and oxygen atoms in total. The number of hydrogen-bond donors (Lipinski definition) is 1. The van der Waals surface area contributed by atoms with Crippen LogP contribution in [0.15, 0.2) is 12.1 Å². The van der Waals surface area contributed by atoms with E-state index in [1.165, 1.54) is 6.92 Å². The van der Waals surface area contributed by atoms with Crippen molar-refractivity contribution in [1.82, 2.24) is 0 Å². The van der Waals surface area contributed by atoms with Gasteiger partial charge in [-0.05, 0) is 12.1 Å². The van der Waals surface area contributed by atoms with Crippen molar-refractivity contribution >= 4 is 21.5 Å². The van der Waals surface area contributed by atoms with E-state index in [0.29, 0.717) is 0 Å². The number of anilines is 1. The van der Waals surface area contributed by atoms with Crippen molar-refractivity contribution in [3.05, 3.63) is 29.3 Å². The van der Waals surface area contributed by atoms with Crippen LogP contribution in [0.5, 0.6) is 0 Å². The maximum Gasteiger partial charge on any atom is 0.229 e. The minimum absolute atomic E-state index is 0.0732. The standard InChI is InChI=1S/C10H11F2NO3S/c1-3-8(14)9-6(11)4-5-7(10(9)12)13-17(2,15)16/h4-5,13H,3H2,1-2H3. The van der Waals surface area contributed by atoms with Crippen molar-refractivity contribution in [1.29, 1.82) is 0 Å². The Bertz CT molecular complexity index is 555. The van der Waals surface area contributed by atoms with Crippen molar-refractivity contribution < 1.29 is 22.0 Å². The van der Waals surface area contributed by atoms with E-state index in [-0.39, 0.29) is 6.42 Å². The van der Waals surface area contributed by atoms with Crippen LogP contribution in [0.3, 0.4) is 0 Å². The number of Topliss-reactive ketones (excluding diaryl/α,β-unsaturated/α-hetero) is 1. The Labute approximate surface area is 97.7 Å². The molecule has 0 radical (unpaired) electrons. The third kappa shape index (κ3) is 3.23. The van der Waals surface area contributed by atoms with Gasteiger partial charge in [-0.3, -0.25) is 9.52 Å². The van der Waals surface area contributed by atoms with Gasteiger partial charge in [0.1, 0.15) is 5.82 Å². The molecule has 1 rings (SSSR count). The Morgan fingerprint density at radius 2 is 1.94 bits per heavy atom. The molecule has 1 N–H and O–H groups in total. The van der Waals surface area contributed by atoms with Gasteiger partial charge in [-0.2, -0.15) is 0 Å². The first-order valence-corrected chi connectivity index (χ1v) is 6.64. The Kier molecular flexibility index (Phi) is 3.82. The van der Waals surface area contributed by atoms with Gasteiger partial charge in [0.2, 0.25) is 10.0 Å². The van der Waals surface area contributed by atoms with Gasteiger partial charge >= 0.3 is 0 Å². The van der Waals surface area contributed by atoms with Gasteiger partial charge in [-0.15, -0.1) is 0 Å². The number of sulfonamides is 1. The summed E-state index contributed by atoms with van der Waals surface area (Å²) < 4.78 is 50.7. The summed E-state index contributed by atoms with van der Waals surface area (Å²) in [6, 6.07) is 1.78. The Balaban J connectivity index is 3.33.